The number of hydrogen-bond donors (Lipinski definition) is 0. The first-order valence-corrected chi connectivity index (χ1v) is 10.1. The summed E-state index contributed by atoms with van der Waals surface area (Å²) < 4.78 is 7.24. The highest BCUT2D eigenvalue weighted by Gasteiger charge is 2.17. The second-order valence-electron chi connectivity index (χ2n) is 7.06. The summed E-state index contributed by atoms with van der Waals surface area (Å²) in [6.45, 7) is 7.90. The number of rotatable bonds is 7. The fraction of sp³-hybridized carbons (Fsp3) is 0.250. The maximum Gasteiger partial charge on any atom is 0.144 e. The Labute approximate surface area is 170 Å². The number of nitrogens with zero attached hydrogens (tertiary/aromatic N) is 1. The van der Waals surface area contributed by atoms with E-state index < -0.39 is 0 Å². The third kappa shape index (κ3) is 5.36. The van der Waals surface area contributed by atoms with Crippen LogP contribution in [0.3, 0.4) is 0 Å². The number of anilines is 1. The zero-order chi connectivity index (χ0) is 19.2. The summed E-state index contributed by atoms with van der Waals surface area (Å²) in [4.78, 5) is 2.39. The maximum atomic E-state index is 6.17. The van der Waals surface area contributed by atoms with E-state index in [2.05, 4.69) is 114 Å². The maximum absolute atomic E-state index is 6.17. The van der Waals surface area contributed by atoms with E-state index in [0.29, 0.717) is 0 Å². The lowest BCUT2D eigenvalue weighted by atomic mass is 10.1. The van der Waals surface area contributed by atoms with Gasteiger partial charge in [0.1, 0.15) is 5.75 Å². The Kier molecular flexibility index (Phi) is 6.57. The minimum Gasteiger partial charge on any atom is -0.489 e. The molecule has 140 valence electrons. The van der Waals surface area contributed by atoms with E-state index in [4.69, 9.17) is 4.74 Å². The molecule has 0 N–H and O–H groups in total. The monoisotopic (exact) mass is 423 g/mol. The topological polar surface area (TPSA) is 12.5 Å². The normalized spacial score (nSPS) is 10.9. The highest BCUT2D eigenvalue weighted by atomic mass is 79.9. The van der Waals surface area contributed by atoms with E-state index in [9.17, 15) is 0 Å². The lowest BCUT2D eigenvalue weighted by Gasteiger charge is -2.29. The number of ether oxygens (including phenoxy) is 1. The van der Waals surface area contributed by atoms with Gasteiger partial charge in [-0.25, -0.2) is 0 Å². The van der Waals surface area contributed by atoms with Crippen molar-refractivity contribution < 1.29 is 4.74 Å². The molecule has 2 nitrogen and oxygen atoms in total. The van der Waals surface area contributed by atoms with Gasteiger partial charge in [0.05, 0.1) is 11.8 Å². The average Bonchev–Trinajstić information content (AvgIpc) is 2.65. The van der Waals surface area contributed by atoms with Crippen molar-refractivity contribution in [3.63, 3.8) is 0 Å². The van der Waals surface area contributed by atoms with Gasteiger partial charge in [0.2, 0.25) is 0 Å². The van der Waals surface area contributed by atoms with E-state index in [1.165, 1.54) is 16.7 Å². The summed E-state index contributed by atoms with van der Waals surface area (Å²) in [6, 6.07) is 25.5. The lowest BCUT2D eigenvalue weighted by Crippen LogP contribution is -2.23. The molecule has 0 bridgehead atoms. The van der Waals surface area contributed by atoms with E-state index in [1.54, 1.807) is 0 Å². The van der Waals surface area contributed by atoms with Crippen molar-refractivity contribution in [2.24, 2.45) is 0 Å². The quantitative estimate of drug-likeness (QED) is 0.416. The molecule has 3 aromatic carbocycles. The van der Waals surface area contributed by atoms with Crippen molar-refractivity contribution in [1.29, 1.82) is 0 Å². The van der Waals surface area contributed by atoms with Gasteiger partial charge in [-0.3, -0.25) is 0 Å². The van der Waals surface area contributed by atoms with Crippen LogP contribution in [0.2, 0.25) is 0 Å². The smallest absolute Gasteiger partial charge is 0.144 e. The standard InChI is InChI=1S/C24H26BrNO/c1-18(2)27-24-15-22(25)19(3)14-23(24)26(16-20-10-6-4-7-11-20)17-21-12-8-5-9-13-21/h4-15,18H,16-17H2,1-3H3. The highest BCUT2D eigenvalue weighted by molar-refractivity contribution is 9.10. The molecule has 0 radical (unpaired) electrons. The van der Waals surface area contributed by atoms with Crippen LogP contribution in [-0.2, 0) is 13.1 Å². The number of hydrogen-bond acceptors (Lipinski definition) is 2. The van der Waals surface area contributed by atoms with Gasteiger partial charge in [0.25, 0.3) is 0 Å². The van der Waals surface area contributed by atoms with Gasteiger partial charge in [-0.15, -0.1) is 0 Å². The number of benzene rings is 3. The molecule has 0 aromatic heterocycles. The third-order valence-corrected chi connectivity index (χ3v) is 5.23. The molecule has 0 spiro atoms. The van der Waals surface area contributed by atoms with E-state index >= 15 is 0 Å². The molecule has 3 aromatic rings. The van der Waals surface area contributed by atoms with Gasteiger partial charge >= 0.3 is 0 Å². The average molecular weight is 424 g/mol. The fourth-order valence-corrected chi connectivity index (χ4v) is 3.40. The van der Waals surface area contributed by atoms with E-state index in [-0.39, 0.29) is 6.10 Å². The van der Waals surface area contributed by atoms with Crippen LogP contribution in [-0.4, -0.2) is 6.10 Å². The van der Waals surface area contributed by atoms with Crippen LogP contribution in [0, 0.1) is 6.92 Å². The Morgan fingerprint density at radius 3 is 1.85 bits per heavy atom. The van der Waals surface area contributed by atoms with Crippen molar-refractivity contribution in [3.8, 4) is 5.75 Å². The van der Waals surface area contributed by atoms with Gasteiger partial charge in [-0.1, -0.05) is 76.6 Å². The van der Waals surface area contributed by atoms with Gasteiger partial charge in [0, 0.05) is 17.6 Å². The molecule has 0 aliphatic carbocycles. The first-order chi connectivity index (χ1) is 13.0. The summed E-state index contributed by atoms with van der Waals surface area (Å²) in [5, 5.41) is 0. The van der Waals surface area contributed by atoms with Gasteiger partial charge in [-0.05, 0) is 49.6 Å². The number of halogens is 1. The molecule has 0 amide bonds. The molecular formula is C24H26BrNO. The highest BCUT2D eigenvalue weighted by Crippen LogP contribution is 2.36. The lowest BCUT2D eigenvalue weighted by molar-refractivity contribution is 0.242. The second kappa shape index (κ2) is 9.09. The van der Waals surface area contributed by atoms with Gasteiger partial charge in [-0.2, -0.15) is 0 Å². The first kappa shape index (κ1) is 19.5. The van der Waals surface area contributed by atoms with Crippen LogP contribution in [0.1, 0.15) is 30.5 Å². The molecule has 0 aliphatic heterocycles. The summed E-state index contributed by atoms with van der Waals surface area (Å²) in [5.74, 6) is 0.911. The Morgan fingerprint density at radius 1 is 0.852 bits per heavy atom. The van der Waals surface area contributed by atoms with Crippen molar-refractivity contribution >= 4 is 21.6 Å². The summed E-state index contributed by atoms with van der Waals surface area (Å²) in [6.07, 6.45) is 0.119. The second-order valence-corrected chi connectivity index (χ2v) is 7.92. The molecule has 0 saturated carbocycles. The Morgan fingerprint density at radius 2 is 1.37 bits per heavy atom. The Hall–Kier alpha value is -2.26. The van der Waals surface area contributed by atoms with Crippen molar-refractivity contribution in [3.05, 3.63) is 94.0 Å². The molecule has 0 atom stereocenters. The van der Waals surface area contributed by atoms with Crippen LogP contribution in [0.25, 0.3) is 0 Å². The molecule has 3 rings (SSSR count). The first-order valence-electron chi connectivity index (χ1n) is 9.32. The SMILES string of the molecule is Cc1cc(N(Cc2ccccc2)Cc2ccccc2)c(OC(C)C)cc1Br. The predicted octanol–water partition coefficient (Wildman–Crippen LogP) is 6.75. The Balaban J connectivity index is 2.02. The fourth-order valence-electron chi connectivity index (χ4n) is 3.08. The molecule has 0 unspecified atom stereocenters. The molecule has 27 heavy (non-hydrogen) atoms. The van der Waals surface area contributed by atoms with E-state index in [0.717, 1.165) is 29.0 Å². The van der Waals surface area contributed by atoms with Crippen molar-refractivity contribution in [2.75, 3.05) is 4.90 Å². The van der Waals surface area contributed by atoms with Crippen LogP contribution >= 0.6 is 15.9 Å². The largest absolute Gasteiger partial charge is 0.489 e. The minimum absolute atomic E-state index is 0.119. The van der Waals surface area contributed by atoms with Crippen molar-refractivity contribution in [2.45, 2.75) is 40.0 Å². The molecule has 3 heteroatoms. The molecular weight excluding hydrogens is 398 g/mol. The Bertz CT molecular complexity index is 821. The summed E-state index contributed by atoms with van der Waals surface area (Å²) in [5.41, 5.74) is 4.89. The zero-order valence-electron chi connectivity index (χ0n) is 16.2. The molecule has 0 fully saturated rings. The van der Waals surface area contributed by atoms with Crippen LogP contribution in [0.4, 0.5) is 5.69 Å². The summed E-state index contributed by atoms with van der Waals surface area (Å²) >= 11 is 3.65. The molecule has 0 heterocycles. The number of aryl methyl sites for hydroxylation is 1. The zero-order valence-corrected chi connectivity index (χ0v) is 17.7. The third-order valence-electron chi connectivity index (χ3n) is 4.38. The summed E-state index contributed by atoms with van der Waals surface area (Å²) in [7, 11) is 0. The van der Waals surface area contributed by atoms with Crippen molar-refractivity contribution in [1.82, 2.24) is 0 Å². The van der Waals surface area contributed by atoms with E-state index in [1.807, 2.05) is 0 Å². The van der Waals surface area contributed by atoms with Crippen LogP contribution in [0.15, 0.2) is 77.3 Å². The van der Waals surface area contributed by atoms with Gasteiger partial charge < -0.3 is 9.64 Å². The minimum atomic E-state index is 0.119. The van der Waals surface area contributed by atoms with Crippen LogP contribution < -0.4 is 9.64 Å². The van der Waals surface area contributed by atoms with Gasteiger partial charge in [0.15, 0.2) is 0 Å². The van der Waals surface area contributed by atoms with Crippen LogP contribution in [0.5, 0.6) is 5.75 Å². The predicted molar refractivity (Wildman–Crippen MR) is 117 cm³/mol. The molecule has 0 saturated heterocycles. The molecule has 0 aliphatic rings.